The van der Waals surface area contributed by atoms with Gasteiger partial charge in [-0.05, 0) is 0 Å². The van der Waals surface area contributed by atoms with Crippen LogP contribution in [0, 0.1) is 0 Å². The molecule has 0 aromatic carbocycles. The Labute approximate surface area is 315 Å². The summed E-state index contributed by atoms with van der Waals surface area (Å²) in [6.07, 6.45) is -0.973. The van der Waals surface area contributed by atoms with Gasteiger partial charge in [0.2, 0.25) is 23.6 Å². The topological polar surface area (TPSA) is 158 Å². The van der Waals surface area contributed by atoms with Crippen molar-refractivity contribution in [3.8, 4) is 0 Å². The lowest BCUT2D eigenvalue weighted by molar-refractivity contribution is -0.132. The molecule has 24 heteroatoms. The lowest BCUT2D eigenvalue weighted by atomic mass is 10.4. The van der Waals surface area contributed by atoms with Gasteiger partial charge < -0.3 is 5.48 Å². The summed E-state index contributed by atoms with van der Waals surface area (Å²) in [7, 11) is -1.49. The molecule has 0 aliphatic carbocycles. The third kappa shape index (κ3) is 24.8. The molecule has 0 saturated carbocycles. The van der Waals surface area contributed by atoms with Crippen LogP contribution in [0.4, 0.5) is 26.3 Å². The van der Waals surface area contributed by atoms with E-state index in [9.17, 15) is 49.7 Å². The van der Waals surface area contributed by atoms with Crippen LogP contribution in [-0.4, -0.2) is 59.2 Å². The van der Waals surface area contributed by atoms with E-state index in [0.29, 0.717) is 21.6 Å². The van der Waals surface area contributed by atoms with Crippen molar-refractivity contribution < 1.29 is 55.2 Å². The first-order valence-electron chi connectivity index (χ1n) is 11.5. The predicted octanol–water partition coefficient (Wildman–Crippen LogP) is 8.14. The van der Waals surface area contributed by atoms with Gasteiger partial charge in [0, 0.05) is 122 Å². The molecule has 2 aliphatic rings. The van der Waals surface area contributed by atoms with Gasteiger partial charge in [-0.25, -0.2) is 18.7 Å². The zero-order chi connectivity index (χ0) is 33.7. The van der Waals surface area contributed by atoms with E-state index in [2.05, 4.69) is 52.5 Å². The molecule has 10 nitrogen and oxygen atoms in total. The Balaban J connectivity index is -0.000000260. The van der Waals surface area contributed by atoms with E-state index in [1.165, 1.54) is 29.3 Å². The largest absolute Gasteiger partial charge is 0.412 e. The first kappa shape index (κ1) is 52.9. The average molecular weight is 1020 g/mol. The van der Waals surface area contributed by atoms with Crippen LogP contribution in [-0.2, 0) is 30.0 Å². The second-order valence-electron chi connectivity index (χ2n) is 7.36. The highest BCUT2D eigenvalue weighted by Gasteiger charge is 2.26. The van der Waals surface area contributed by atoms with Crippen molar-refractivity contribution in [3.63, 3.8) is 0 Å². The molecule has 2 saturated heterocycles. The van der Waals surface area contributed by atoms with E-state index in [-0.39, 0.29) is 79.7 Å². The number of hydrogen-bond donors (Lipinski definition) is 1. The van der Waals surface area contributed by atoms with Crippen LogP contribution in [0.15, 0.2) is 55.6 Å². The number of aromatic nitrogens is 2. The first-order valence-corrected chi connectivity index (χ1v) is 22.2. The molecule has 2 aromatic rings. The van der Waals surface area contributed by atoms with Crippen LogP contribution in [0.25, 0.3) is 0 Å². The quantitative estimate of drug-likeness (QED) is 0.0913. The van der Waals surface area contributed by atoms with E-state index in [0.717, 1.165) is 15.7 Å². The number of carbonyl (C=O) groups excluding carboxylic acids is 4. The molecule has 0 radical (unpaired) electrons. The van der Waals surface area contributed by atoms with E-state index in [4.69, 9.17) is 11.8 Å². The number of carbonyl (C=O) groups is 4. The number of allylic oxidation sites excluding steroid dienone is 2. The monoisotopic (exact) mass is 1020 g/mol. The van der Waals surface area contributed by atoms with Crippen molar-refractivity contribution >= 4 is 130 Å². The van der Waals surface area contributed by atoms with Gasteiger partial charge in [0.1, 0.15) is 4.34 Å². The van der Waals surface area contributed by atoms with Crippen molar-refractivity contribution in [2.75, 3.05) is 11.5 Å². The number of rotatable bonds is 8. The van der Waals surface area contributed by atoms with Gasteiger partial charge in [-0.2, -0.15) is 22.0 Å². The number of hydrogen-bond acceptors (Lipinski definition) is 10. The number of thioether (sulfide) groups is 1. The Kier molecular flexibility index (Phi) is 35.0. The van der Waals surface area contributed by atoms with Crippen LogP contribution in [0.3, 0.4) is 0 Å². The number of nitrogens with one attached hydrogen (secondary N) is 1. The molecule has 0 spiro atoms. The van der Waals surface area contributed by atoms with E-state index < -0.39 is 41.0 Å². The van der Waals surface area contributed by atoms with Gasteiger partial charge >= 0.3 is 12.2 Å². The highest BCUT2D eigenvalue weighted by atomic mass is 128. The van der Waals surface area contributed by atoms with E-state index in [1.807, 2.05) is 0 Å². The highest BCUT2D eigenvalue weighted by Crippen LogP contribution is 2.24. The summed E-state index contributed by atoms with van der Waals surface area (Å²) in [5.41, 5.74) is 0. The normalized spacial score (nSPS) is 13.1. The van der Waals surface area contributed by atoms with Crippen LogP contribution in [0.2, 0.25) is 0 Å². The SMILES string of the molecule is C.Cl.FC(F)=C(F)CCSc1nccs1.II.O.O=C1CCC(=O)N1.O=C1CCC(=O)N1Cl.O=S(CCC(F)=C(F)F)c1nccs1. The summed E-state index contributed by atoms with van der Waals surface area (Å²) < 4.78 is 83.9. The Bertz CT molecular complexity index is 1260. The van der Waals surface area contributed by atoms with Gasteiger partial charge in [-0.3, -0.25) is 28.7 Å². The second-order valence-corrected chi connectivity index (χ2v) is 12.6. The van der Waals surface area contributed by atoms with Gasteiger partial charge in [-0.1, -0.05) is 19.2 Å². The van der Waals surface area contributed by atoms with Crippen molar-refractivity contribution in [1.29, 1.82) is 0 Å². The van der Waals surface area contributed by atoms with Crippen molar-refractivity contribution in [3.05, 3.63) is 47.0 Å². The fourth-order valence-corrected chi connectivity index (χ4v) is 6.08. The first-order chi connectivity index (χ1) is 20.8. The minimum absolute atomic E-state index is 0. The molecule has 0 bridgehead atoms. The molecule has 4 rings (SSSR count). The molecule has 4 amide bonds. The maximum Gasteiger partial charge on any atom is 0.301 e. The van der Waals surface area contributed by atoms with Gasteiger partial charge in [-0.15, -0.1) is 35.1 Å². The number of thiazole rings is 2. The van der Waals surface area contributed by atoms with Crippen LogP contribution in [0.5, 0.6) is 0 Å². The number of nitrogens with zero attached hydrogens (tertiary/aromatic N) is 3. The van der Waals surface area contributed by atoms with Crippen LogP contribution < -0.4 is 5.32 Å². The lowest BCUT2D eigenvalue weighted by Gasteiger charge is -1.96. The van der Waals surface area contributed by atoms with Crippen molar-refractivity contribution in [2.24, 2.45) is 0 Å². The Morgan fingerprint density at radius 3 is 1.68 bits per heavy atom. The molecular formula is C23H28Cl2F6I2N4O6S4. The molecule has 270 valence electrons. The second kappa shape index (κ2) is 31.1. The summed E-state index contributed by atoms with van der Waals surface area (Å²) in [5, 5.41) is 5.54. The lowest BCUT2D eigenvalue weighted by Crippen LogP contribution is -2.18. The number of amides is 4. The third-order valence-corrected chi connectivity index (χ3v) is 9.15. The Hall–Kier alpha value is -0.900. The predicted molar refractivity (Wildman–Crippen MR) is 191 cm³/mol. The molecule has 3 N–H and O–H groups in total. The Morgan fingerprint density at radius 2 is 1.34 bits per heavy atom. The molecule has 1 unspecified atom stereocenters. The summed E-state index contributed by atoms with van der Waals surface area (Å²) in [5.74, 6) is -3.60. The third-order valence-electron chi connectivity index (χ3n) is 4.33. The van der Waals surface area contributed by atoms with Crippen molar-refractivity contribution in [1.82, 2.24) is 19.7 Å². The smallest absolute Gasteiger partial charge is 0.301 e. The van der Waals surface area contributed by atoms with E-state index in [1.54, 1.807) is 17.0 Å². The Morgan fingerprint density at radius 1 is 0.872 bits per heavy atom. The molecule has 1 atom stereocenters. The molecule has 2 aliphatic heterocycles. The molecule has 2 fully saturated rings. The molecule has 47 heavy (non-hydrogen) atoms. The van der Waals surface area contributed by atoms with Crippen LogP contribution in [0.1, 0.15) is 46.0 Å². The van der Waals surface area contributed by atoms with E-state index >= 15 is 0 Å². The number of halogens is 10. The summed E-state index contributed by atoms with van der Waals surface area (Å²) in [6, 6.07) is 0. The maximum absolute atomic E-state index is 12.3. The van der Waals surface area contributed by atoms with Gasteiger partial charge in [0.25, 0.3) is 0 Å². The number of imide groups is 2. The average Bonchev–Trinajstić information content (AvgIpc) is 3.83. The van der Waals surface area contributed by atoms with Gasteiger partial charge in [0.05, 0.1) is 10.8 Å². The fraction of sp³-hybridized carbons (Fsp3) is 0.391. The minimum Gasteiger partial charge on any atom is -0.412 e. The highest BCUT2D eigenvalue weighted by molar-refractivity contribution is 15.0. The van der Waals surface area contributed by atoms with Gasteiger partial charge in [0.15, 0.2) is 16.0 Å². The van der Waals surface area contributed by atoms with Crippen molar-refractivity contribution in [2.45, 2.75) is 54.6 Å². The minimum atomic E-state index is -2.35. The maximum atomic E-state index is 12.3. The standard InChI is InChI=1S/C7H6F3NOS2.C7H6F3NS2.C4H4ClNO2.C4H5NO2.CH4.ClH.I2.H2O/c8-5(6(9)10)1-4-14(12)7-11-2-3-13-7;8-5(6(9)10)1-3-12-7-11-2-4-13-7;5-6-3(7)1-2-4(6)8;6-3-1-2-4(7)5-3;;;1-2;/h2-3H,1,4H2;2,4H,1,3H2;1-2H2;1-2H2,(H,5,6,7);1H4;1H;;1H2. The molecule has 4 heterocycles. The summed E-state index contributed by atoms with van der Waals surface area (Å²) in [4.78, 5) is 48.6. The fourth-order valence-electron chi connectivity index (χ4n) is 2.35. The zero-order valence-corrected chi connectivity index (χ0v) is 31.9. The summed E-state index contributed by atoms with van der Waals surface area (Å²) in [6.45, 7) is 0. The zero-order valence-electron chi connectivity index (χ0n) is 22.8. The molecule has 2 aromatic heterocycles. The van der Waals surface area contributed by atoms with Crippen LogP contribution >= 0.6 is 95.9 Å². The molecular weight excluding hydrogens is 995 g/mol. The summed E-state index contributed by atoms with van der Waals surface area (Å²) >= 11 is 13.2.